The summed E-state index contributed by atoms with van der Waals surface area (Å²) in [6.07, 6.45) is 3.96. The fraction of sp³-hybridized carbons (Fsp3) is 0.500. The van der Waals surface area contributed by atoms with Crippen LogP contribution in [0.15, 0.2) is 17.8 Å². The second-order valence-corrected chi connectivity index (χ2v) is 7.01. The lowest BCUT2D eigenvalue weighted by molar-refractivity contribution is 0.111. The first-order valence-corrected chi connectivity index (χ1v) is 8.91. The summed E-state index contributed by atoms with van der Waals surface area (Å²) in [7, 11) is 0. The SMILES string of the molecule is NC(=O)N1c2nc(C=O)ccc2CCC1N1CCN(C2CC2)CC1=C=O. The van der Waals surface area contributed by atoms with Crippen molar-refractivity contribution in [1.29, 1.82) is 0 Å². The number of amides is 2. The van der Waals surface area contributed by atoms with Gasteiger partial charge < -0.3 is 10.6 Å². The molecule has 1 saturated heterocycles. The highest BCUT2D eigenvalue weighted by Crippen LogP contribution is 2.34. The second-order valence-electron chi connectivity index (χ2n) is 7.01. The number of pyridine rings is 1. The number of carbonyl (C=O) groups excluding carboxylic acids is 3. The van der Waals surface area contributed by atoms with Crippen molar-refractivity contribution in [2.24, 2.45) is 5.73 Å². The molecule has 26 heavy (non-hydrogen) atoms. The van der Waals surface area contributed by atoms with Crippen LogP contribution in [0, 0.1) is 0 Å². The van der Waals surface area contributed by atoms with Crippen LogP contribution in [-0.2, 0) is 11.2 Å². The number of aromatic nitrogens is 1. The van der Waals surface area contributed by atoms with Gasteiger partial charge in [-0.1, -0.05) is 6.07 Å². The minimum absolute atomic E-state index is 0.250. The van der Waals surface area contributed by atoms with Gasteiger partial charge >= 0.3 is 6.03 Å². The molecule has 8 heteroatoms. The van der Waals surface area contributed by atoms with Crippen LogP contribution < -0.4 is 10.6 Å². The van der Waals surface area contributed by atoms with Crippen molar-refractivity contribution < 1.29 is 14.4 Å². The number of primary amides is 1. The second kappa shape index (κ2) is 6.55. The molecule has 0 radical (unpaired) electrons. The topological polar surface area (TPSA) is 99.8 Å². The maximum atomic E-state index is 12.2. The molecule has 8 nitrogen and oxygen atoms in total. The molecule has 0 aromatic carbocycles. The van der Waals surface area contributed by atoms with E-state index in [0.29, 0.717) is 49.8 Å². The fourth-order valence-corrected chi connectivity index (χ4v) is 3.97. The highest BCUT2D eigenvalue weighted by Gasteiger charge is 2.40. The molecule has 0 spiro atoms. The van der Waals surface area contributed by atoms with Crippen molar-refractivity contribution in [3.63, 3.8) is 0 Å². The summed E-state index contributed by atoms with van der Waals surface area (Å²) in [5, 5.41) is 0. The molecular formula is C18H21N5O3. The van der Waals surface area contributed by atoms with Crippen LogP contribution in [0.3, 0.4) is 0 Å². The molecule has 1 aromatic rings. The summed E-state index contributed by atoms with van der Waals surface area (Å²) >= 11 is 0. The van der Waals surface area contributed by atoms with Gasteiger partial charge in [-0.25, -0.2) is 14.6 Å². The Morgan fingerprint density at radius 2 is 2.08 bits per heavy atom. The number of aldehydes is 1. The van der Waals surface area contributed by atoms with Crippen LogP contribution in [-0.4, -0.2) is 64.9 Å². The Labute approximate surface area is 151 Å². The molecule has 1 aliphatic carbocycles. The monoisotopic (exact) mass is 355 g/mol. The van der Waals surface area contributed by atoms with E-state index in [9.17, 15) is 14.4 Å². The van der Waals surface area contributed by atoms with Gasteiger partial charge in [0.2, 0.25) is 0 Å². The highest BCUT2D eigenvalue weighted by molar-refractivity contribution is 5.92. The molecule has 0 bridgehead atoms. The van der Waals surface area contributed by atoms with Crippen molar-refractivity contribution >= 4 is 24.1 Å². The summed E-state index contributed by atoms with van der Waals surface area (Å²) < 4.78 is 0. The summed E-state index contributed by atoms with van der Waals surface area (Å²) in [4.78, 5) is 44.8. The van der Waals surface area contributed by atoms with Gasteiger partial charge in [-0.15, -0.1) is 0 Å². The molecule has 2 amide bonds. The van der Waals surface area contributed by atoms with Crippen LogP contribution in [0.1, 0.15) is 35.3 Å². The smallest absolute Gasteiger partial charge is 0.322 e. The van der Waals surface area contributed by atoms with Crippen molar-refractivity contribution in [1.82, 2.24) is 14.8 Å². The molecule has 1 aromatic heterocycles. The lowest BCUT2D eigenvalue weighted by Crippen LogP contribution is -2.59. The number of carbonyl (C=O) groups is 2. The van der Waals surface area contributed by atoms with Gasteiger partial charge in [0.1, 0.15) is 29.3 Å². The number of fused-ring (bicyclic) bond motifs is 1. The largest absolute Gasteiger partial charge is 0.351 e. The van der Waals surface area contributed by atoms with Gasteiger partial charge in [0.05, 0.1) is 0 Å². The Morgan fingerprint density at radius 3 is 2.73 bits per heavy atom. The number of rotatable bonds is 3. The molecule has 1 saturated carbocycles. The van der Waals surface area contributed by atoms with Gasteiger partial charge in [-0.05, 0) is 37.3 Å². The minimum Gasteiger partial charge on any atom is -0.351 e. The quantitative estimate of drug-likeness (QED) is 0.628. The third-order valence-electron chi connectivity index (χ3n) is 5.40. The molecule has 1 atom stereocenters. The van der Waals surface area contributed by atoms with Crippen LogP contribution in [0.4, 0.5) is 10.6 Å². The predicted molar refractivity (Wildman–Crippen MR) is 94.3 cm³/mol. The van der Waals surface area contributed by atoms with E-state index < -0.39 is 6.03 Å². The lowest BCUT2D eigenvalue weighted by atomic mass is 10.0. The highest BCUT2D eigenvalue weighted by atomic mass is 16.2. The number of piperazine rings is 1. The number of nitrogens with zero attached hydrogens (tertiary/aromatic N) is 4. The van der Waals surface area contributed by atoms with E-state index in [4.69, 9.17) is 5.73 Å². The van der Waals surface area contributed by atoms with Crippen LogP contribution in [0.25, 0.3) is 0 Å². The van der Waals surface area contributed by atoms with E-state index in [-0.39, 0.29) is 11.9 Å². The zero-order valence-electron chi connectivity index (χ0n) is 14.4. The molecule has 1 unspecified atom stereocenters. The zero-order chi connectivity index (χ0) is 18.3. The number of anilines is 1. The summed E-state index contributed by atoms with van der Waals surface area (Å²) in [6, 6.07) is 3.37. The summed E-state index contributed by atoms with van der Waals surface area (Å²) in [6.45, 7) is 2.03. The average molecular weight is 355 g/mol. The standard InChI is InChI=1S/C18H21N5O3/c19-18(26)23-16(6-2-12-1-3-13(10-24)20-17(12)23)22-8-7-21(14-4-5-14)9-15(22)11-25/h1,3,10,14,16H,2,4-9H2,(H2,19,26). The third-order valence-corrected chi connectivity index (χ3v) is 5.40. The Bertz CT molecular complexity index is 800. The van der Waals surface area contributed by atoms with E-state index in [2.05, 4.69) is 15.8 Å². The number of hydrogen-bond acceptors (Lipinski definition) is 6. The predicted octanol–water partition coefficient (Wildman–Crippen LogP) is 0.547. The fourth-order valence-electron chi connectivity index (χ4n) is 3.97. The first-order valence-electron chi connectivity index (χ1n) is 8.91. The maximum Gasteiger partial charge on any atom is 0.322 e. The van der Waals surface area contributed by atoms with E-state index in [1.807, 2.05) is 4.90 Å². The molecule has 3 aliphatic rings. The summed E-state index contributed by atoms with van der Waals surface area (Å²) in [5.41, 5.74) is 7.33. The number of aryl methyl sites for hydroxylation is 1. The van der Waals surface area contributed by atoms with E-state index >= 15 is 0 Å². The molecule has 4 rings (SSSR count). The average Bonchev–Trinajstić information content (AvgIpc) is 3.51. The Kier molecular flexibility index (Phi) is 4.22. The third kappa shape index (κ3) is 2.87. The molecule has 2 fully saturated rings. The van der Waals surface area contributed by atoms with Gasteiger partial charge in [0.25, 0.3) is 0 Å². The van der Waals surface area contributed by atoms with Gasteiger partial charge in [0.15, 0.2) is 6.29 Å². The molecule has 3 heterocycles. The first-order chi connectivity index (χ1) is 12.6. The number of hydrogen-bond donors (Lipinski definition) is 1. The van der Waals surface area contributed by atoms with Crippen LogP contribution in [0.5, 0.6) is 0 Å². The van der Waals surface area contributed by atoms with Gasteiger partial charge in [-0.2, -0.15) is 0 Å². The van der Waals surface area contributed by atoms with Crippen molar-refractivity contribution in [2.45, 2.75) is 37.9 Å². The zero-order valence-corrected chi connectivity index (χ0v) is 14.4. The van der Waals surface area contributed by atoms with Crippen LogP contribution in [0.2, 0.25) is 0 Å². The van der Waals surface area contributed by atoms with Crippen molar-refractivity contribution in [2.75, 3.05) is 24.5 Å². The normalized spacial score (nSPS) is 23.4. The van der Waals surface area contributed by atoms with Crippen LogP contribution >= 0.6 is 0 Å². The first kappa shape index (κ1) is 16.8. The van der Waals surface area contributed by atoms with Crippen molar-refractivity contribution in [3.8, 4) is 0 Å². The lowest BCUT2D eigenvalue weighted by Gasteiger charge is -2.46. The minimum atomic E-state index is -0.638. The van der Waals surface area contributed by atoms with E-state index in [1.165, 1.54) is 17.7 Å². The van der Waals surface area contributed by atoms with E-state index in [1.54, 1.807) is 12.1 Å². The van der Waals surface area contributed by atoms with Crippen molar-refractivity contribution in [3.05, 3.63) is 29.1 Å². The van der Waals surface area contributed by atoms with Gasteiger partial charge in [-0.3, -0.25) is 14.6 Å². The molecule has 2 aliphatic heterocycles. The van der Waals surface area contributed by atoms with Gasteiger partial charge in [0, 0.05) is 25.7 Å². The van der Waals surface area contributed by atoms with E-state index in [0.717, 1.165) is 12.1 Å². The Hall–Kier alpha value is -2.70. The Morgan fingerprint density at radius 1 is 1.27 bits per heavy atom. The molecular weight excluding hydrogens is 334 g/mol. The number of urea groups is 1. The number of nitrogens with two attached hydrogens (primary N) is 1. The maximum absolute atomic E-state index is 12.2. The summed E-state index contributed by atoms with van der Waals surface area (Å²) in [5.74, 6) is 2.48. The Balaban J connectivity index is 1.65. The molecule has 2 N–H and O–H groups in total. The molecule has 136 valence electrons.